The molecule has 2 aliphatic rings. The lowest BCUT2D eigenvalue weighted by atomic mass is 9.99. The van der Waals surface area contributed by atoms with Gasteiger partial charge in [-0.1, -0.05) is 0 Å². The molecular formula is C13H19N3O2. The molecule has 0 atom stereocenters. The van der Waals surface area contributed by atoms with Crippen molar-refractivity contribution in [1.29, 1.82) is 0 Å². The summed E-state index contributed by atoms with van der Waals surface area (Å²) in [6.07, 6.45) is 4.39. The van der Waals surface area contributed by atoms with Crippen molar-refractivity contribution < 1.29 is 4.74 Å². The highest BCUT2D eigenvalue weighted by atomic mass is 16.5. The lowest BCUT2D eigenvalue weighted by Gasteiger charge is -2.21. The van der Waals surface area contributed by atoms with Crippen molar-refractivity contribution in [3.05, 3.63) is 27.9 Å². The molecule has 1 aromatic heterocycles. The van der Waals surface area contributed by atoms with Gasteiger partial charge in [0.25, 0.3) is 5.56 Å². The molecule has 2 N–H and O–H groups in total. The van der Waals surface area contributed by atoms with Gasteiger partial charge in [-0.15, -0.1) is 0 Å². The van der Waals surface area contributed by atoms with E-state index in [4.69, 9.17) is 4.74 Å². The predicted molar refractivity (Wildman–Crippen MR) is 67.5 cm³/mol. The molecule has 0 radical (unpaired) electrons. The first-order chi connectivity index (χ1) is 8.81. The third-order valence-corrected chi connectivity index (χ3v) is 3.57. The van der Waals surface area contributed by atoms with Crippen LogP contribution in [0.2, 0.25) is 0 Å². The Balaban J connectivity index is 1.73. The van der Waals surface area contributed by atoms with Crippen LogP contribution >= 0.6 is 0 Å². The monoisotopic (exact) mass is 249 g/mol. The van der Waals surface area contributed by atoms with Crippen LogP contribution in [0.4, 0.5) is 0 Å². The van der Waals surface area contributed by atoms with E-state index in [-0.39, 0.29) is 5.56 Å². The molecule has 0 aromatic carbocycles. The number of aromatic amines is 1. The summed E-state index contributed by atoms with van der Waals surface area (Å²) in [4.78, 5) is 19.1. The van der Waals surface area contributed by atoms with Gasteiger partial charge < -0.3 is 15.0 Å². The average Bonchev–Trinajstić information content (AvgIpc) is 3.21. The standard InChI is InChI=1S/C13H19N3O2/c17-12-7-11(8-14-10-1-2-10)15-13(16-12)9-3-5-18-6-4-9/h7,9-10,14H,1-6,8H2,(H,15,16,17). The van der Waals surface area contributed by atoms with Crippen LogP contribution in [0.5, 0.6) is 0 Å². The predicted octanol–water partition coefficient (Wildman–Crippen LogP) is 0.916. The zero-order chi connectivity index (χ0) is 12.4. The van der Waals surface area contributed by atoms with Gasteiger partial charge in [-0.05, 0) is 25.7 Å². The van der Waals surface area contributed by atoms with Gasteiger partial charge >= 0.3 is 0 Å². The van der Waals surface area contributed by atoms with Crippen molar-refractivity contribution in [1.82, 2.24) is 15.3 Å². The number of H-pyrrole nitrogens is 1. The summed E-state index contributed by atoms with van der Waals surface area (Å²) < 4.78 is 5.34. The van der Waals surface area contributed by atoms with Crippen LogP contribution in [0.1, 0.15) is 43.1 Å². The van der Waals surface area contributed by atoms with Crippen LogP contribution in [0, 0.1) is 0 Å². The summed E-state index contributed by atoms with van der Waals surface area (Å²) in [5, 5.41) is 3.39. The van der Waals surface area contributed by atoms with E-state index in [0.29, 0.717) is 18.5 Å². The lowest BCUT2D eigenvalue weighted by molar-refractivity contribution is 0.0834. The Morgan fingerprint density at radius 3 is 2.83 bits per heavy atom. The molecule has 2 heterocycles. The Labute approximate surface area is 106 Å². The van der Waals surface area contributed by atoms with Gasteiger partial charge in [-0.2, -0.15) is 0 Å². The summed E-state index contributed by atoms with van der Waals surface area (Å²) in [5.74, 6) is 1.17. The van der Waals surface area contributed by atoms with Crippen LogP contribution in [0.15, 0.2) is 10.9 Å². The number of nitrogens with one attached hydrogen (secondary N) is 2. The van der Waals surface area contributed by atoms with Gasteiger partial charge in [-0.25, -0.2) is 4.98 Å². The van der Waals surface area contributed by atoms with E-state index in [2.05, 4.69) is 15.3 Å². The van der Waals surface area contributed by atoms with Gasteiger partial charge in [0, 0.05) is 37.8 Å². The van der Waals surface area contributed by atoms with Gasteiger partial charge in [0.05, 0.1) is 5.69 Å². The quantitative estimate of drug-likeness (QED) is 0.832. The fourth-order valence-electron chi connectivity index (χ4n) is 2.32. The van der Waals surface area contributed by atoms with Gasteiger partial charge in [0.1, 0.15) is 5.82 Å². The molecule has 3 rings (SSSR count). The molecule has 0 amide bonds. The normalized spacial score (nSPS) is 21.1. The second-order valence-electron chi connectivity index (χ2n) is 5.16. The SMILES string of the molecule is O=c1cc(CNC2CC2)nc(C2CCOCC2)[nH]1. The topological polar surface area (TPSA) is 67.0 Å². The molecule has 1 saturated carbocycles. The summed E-state index contributed by atoms with van der Waals surface area (Å²) in [7, 11) is 0. The molecule has 5 heteroatoms. The molecule has 98 valence electrons. The van der Waals surface area contributed by atoms with Gasteiger partial charge in [-0.3, -0.25) is 4.79 Å². The van der Waals surface area contributed by atoms with Crippen LogP contribution in [-0.4, -0.2) is 29.2 Å². The molecule has 0 unspecified atom stereocenters. The van der Waals surface area contributed by atoms with Crippen molar-refractivity contribution in [2.24, 2.45) is 0 Å². The Kier molecular flexibility index (Phi) is 3.43. The number of hydrogen-bond acceptors (Lipinski definition) is 4. The highest BCUT2D eigenvalue weighted by Crippen LogP contribution is 2.23. The lowest BCUT2D eigenvalue weighted by Crippen LogP contribution is -2.23. The number of ether oxygens (including phenoxy) is 1. The van der Waals surface area contributed by atoms with Crippen molar-refractivity contribution in [3.8, 4) is 0 Å². The third kappa shape index (κ3) is 2.97. The second kappa shape index (κ2) is 5.20. The van der Waals surface area contributed by atoms with Crippen LogP contribution in [0.3, 0.4) is 0 Å². The summed E-state index contributed by atoms with van der Waals surface area (Å²) in [6.45, 7) is 2.22. The molecule has 5 nitrogen and oxygen atoms in total. The molecule has 0 bridgehead atoms. The van der Waals surface area contributed by atoms with Crippen molar-refractivity contribution >= 4 is 0 Å². The third-order valence-electron chi connectivity index (χ3n) is 3.57. The summed E-state index contributed by atoms with van der Waals surface area (Å²) >= 11 is 0. The van der Waals surface area contributed by atoms with Crippen molar-refractivity contribution in [2.45, 2.75) is 44.2 Å². The maximum atomic E-state index is 11.7. The molecule has 1 aliphatic heterocycles. The largest absolute Gasteiger partial charge is 0.381 e. The number of aromatic nitrogens is 2. The molecule has 2 fully saturated rings. The van der Waals surface area contributed by atoms with Gasteiger partial charge in [0.15, 0.2) is 0 Å². The first-order valence-electron chi connectivity index (χ1n) is 6.72. The minimum absolute atomic E-state index is 0.0425. The van der Waals surface area contributed by atoms with E-state index in [1.807, 2.05) is 0 Å². The van der Waals surface area contributed by atoms with E-state index in [1.165, 1.54) is 12.8 Å². The van der Waals surface area contributed by atoms with E-state index in [9.17, 15) is 4.79 Å². The van der Waals surface area contributed by atoms with Gasteiger partial charge in [0.2, 0.25) is 0 Å². The number of nitrogens with zero attached hydrogens (tertiary/aromatic N) is 1. The first kappa shape index (κ1) is 11.9. The molecule has 1 aliphatic carbocycles. The zero-order valence-corrected chi connectivity index (χ0v) is 10.4. The average molecular weight is 249 g/mol. The smallest absolute Gasteiger partial charge is 0.251 e. The molecular weight excluding hydrogens is 230 g/mol. The minimum Gasteiger partial charge on any atom is -0.381 e. The van der Waals surface area contributed by atoms with E-state index >= 15 is 0 Å². The highest BCUT2D eigenvalue weighted by molar-refractivity contribution is 5.07. The minimum atomic E-state index is -0.0425. The summed E-state index contributed by atoms with van der Waals surface area (Å²) in [5.41, 5.74) is 0.811. The van der Waals surface area contributed by atoms with Crippen molar-refractivity contribution in [2.75, 3.05) is 13.2 Å². The first-order valence-corrected chi connectivity index (χ1v) is 6.72. The van der Waals surface area contributed by atoms with E-state index in [0.717, 1.165) is 37.6 Å². The number of hydrogen-bond donors (Lipinski definition) is 2. The Hall–Kier alpha value is -1.20. The molecule has 0 spiro atoms. The maximum absolute atomic E-state index is 11.7. The van der Waals surface area contributed by atoms with Crippen molar-refractivity contribution in [3.63, 3.8) is 0 Å². The molecule has 1 aromatic rings. The maximum Gasteiger partial charge on any atom is 0.251 e. The highest BCUT2D eigenvalue weighted by Gasteiger charge is 2.21. The fraction of sp³-hybridized carbons (Fsp3) is 0.692. The molecule has 1 saturated heterocycles. The molecule has 18 heavy (non-hydrogen) atoms. The Morgan fingerprint density at radius 1 is 1.33 bits per heavy atom. The van der Waals surface area contributed by atoms with Crippen LogP contribution in [0.25, 0.3) is 0 Å². The van der Waals surface area contributed by atoms with E-state index in [1.54, 1.807) is 6.07 Å². The Morgan fingerprint density at radius 2 is 2.11 bits per heavy atom. The van der Waals surface area contributed by atoms with Crippen LogP contribution in [-0.2, 0) is 11.3 Å². The number of rotatable bonds is 4. The fourth-order valence-corrected chi connectivity index (χ4v) is 2.32. The van der Waals surface area contributed by atoms with E-state index < -0.39 is 0 Å². The Bertz CT molecular complexity index is 462. The summed E-state index contributed by atoms with van der Waals surface area (Å²) in [6, 6.07) is 2.23. The second-order valence-corrected chi connectivity index (χ2v) is 5.16. The zero-order valence-electron chi connectivity index (χ0n) is 10.4. The van der Waals surface area contributed by atoms with Crippen LogP contribution < -0.4 is 10.9 Å².